The largest absolute Gasteiger partial charge is 0.297 e. The maximum Gasteiger partial charge on any atom is 0.242 e. The second kappa shape index (κ2) is 5.28. The van der Waals surface area contributed by atoms with Gasteiger partial charge in [0.2, 0.25) is 5.36 Å². The molecule has 0 fully saturated rings. The van der Waals surface area contributed by atoms with Crippen LogP contribution in [0.4, 0.5) is 0 Å². The predicted molar refractivity (Wildman–Crippen MR) is 80.7 cm³/mol. The molecule has 0 amide bonds. The second-order valence-corrected chi connectivity index (χ2v) is 5.64. The van der Waals surface area contributed by atoms with Gasteiger partial charge in [-0.3, -0.25) is 10.8 Å². The summed E-state index contributed by atoms with van der Waals surface area (Å²) in [6, 6.07) is 3.60. The van der Waals surface area contributed by atoms with Crippen molar-refractivity contribution in [3.05, 3.63) is 52.9 Å². The van der Waals surface area contributed by atoms with Crippen LogP contribution < -0.4 is 26.8 Å². The van der Waals surface area contributed by atoms with Crippen molar-refractivity contribution in [2.24, 2.45) is 8.80 Å². The van der Waals surface area contributed by atoms with E-state index in [1.807, 2.05) is 6.07 Å². The van der Waals surface area contributed by atoms with Crippen molar-refractivity contribution in [1.82, 2.24) is 0 Å². The summed E-state index contributed by atoms with van der Waals surface area (Å²) in [5.41, 5.74) is 0. The van der Waals surface area contributed by atoms with Crippen LogP contribution in [-0.2, 0) is 12.8 Å². The molecule has 0 aromatic rings. The van der Waals surface area contributed by atoms with Gasteiger partial charge in [-0.1, -0.05) is 4.40 Å². The molecule has 2 rings (SSSR count). The molecule has 2 aliphatic rings. The minimum Gasteiger partial charge on any atom is -0.297 e. The molecule has 0 aliphatic heterocycles. The Bertz CT molecular complexity index is 837. The minimum absolute atomic E-state index is 0.272. The molecular formula is C10H8Br2N4S2+2. The summed E-state index contributed by atoms with van der Waals surface area (Å²) in [6.45, 7) is 0. The first-order chi connectivity index (χ1) is 8.51. The van der Waals surface area contributed by atoms with Crippen molar-refractivity contribution in [2.45, 2.75) is 0 Å². The lowest BCUT2D eigenvalue weighted by Gasteiger charge is -1.97. The van der Waals surface area contributed by atoms with E-state index in [0.29, 0.717) is 25.0 Å². The van der Waals surface area contributed by atoms with Crippen LogP contribution in [0.2, 0.25) is 0 Å². The van der Waals surface area contributed by atoms with Crippen LogP contribution in [-0.4, -0.2) is 0 Å². The summed E-state index contributed by atoms with van der Waals surface area (Å²) >= 11 is 13.7. The van der Waals surface area contributed by atoms with E-state index in [2.05, 4.69) is 66.3 Å². The smallest absolute Gasteiger partial charge is 0.242 e. The van der Waals surface area contributed by atoms with E-state index in [0.717, 1.165) is 10.4 Å². The SMILES string of the molecule is N=c1c(Br)cc2c(=N[SH2+])c(=[NH2+])c(Br)cc=2c1=NS. The summed E-state index contributed by atoms with van der Waals surface area (Å²) in [6.07, 6.45) is 0. The Morgan fingerprint density at radius 1 is 1.17 bits per heavy atom. The number of nitrogens with two attached hydrogens (primary N) is 1. The number of halogens is 2. The molecule has 0 spiro atoms. The van der Waals surface area contributed by atoms with E-state index in [4.69, 9.17) is 10.8 Å². The van der Waals surface area contributed by atoms with Crippen LogP contribution in [0.5, 0.6) is 0 Å². The molecule has 0 aromatic heterocycles. The number of nitrogens with one attached hydrogen (secondary N) is 1. The van der Waals surface area contributed by atoms with Gasteiger partial charge in [-0.15, -0.1) is 0 Å². The Balaban J connectivity index is 3.45. The highest BCUT2D eigenvalue weighted by Crippen LogP contribution is 2.04. The summed E-state index contributed by atoms with van der Waals surface area (Å²) in [5, 5.41) is 17.3. The third kappa shape index (κ3) is 2.11. The lowest BCUT2D eigenvalue weighted by molar-refractivity contribution is -0.175. The van der Waals surface area contributed by atoms with Gasteiger partial charge in [-0.25, -0.2) is 4.40 Å². The Morgan fingerprint density at radius 3 is 2.28 bits per heavy atom. The van der Waals surface area contributed by atoms with Gasteiger partial charge in [-0.05, 0) is 56.8 Å². The van der Waals surface area contributed by atoms with Crippen molar-refractivity contribution in [1.29, 1.82) is 5.41 Å². The van der Waals surface area contributed by atoms with Gasteiger partial charge in [0.1, 0.15) is 5.36 Å². The lowest BCUT2D eigenvalue weighted by Crippen LogP contribution is -2.55. The molecule has 2 aliphatic carbocycles. The fourth-order valence-electron chi connectivity index (χ4n) is 1.68. The highest BCUT2D eigenvalue weighted by atomic mass is 79.9. The predicted octanol–water partition coefficient (Wildman–Crippen LogP) is -1.48. The van der Waals surface area contributed by atoms with Crippen molar-refractivity contribution < 1.29 is 5.41 Å². The third-order valence-electron chi connectivity index (χ3n) is 2.54. The van der Waals surface area contributed by atoms with E-state index >= 15 is 0 Å². The van der Waals surface area contributed by atoms with E-state index in [-0.39, 0.29) is 5.36 Å². The highest BCUT2D eigenvalue weighted by Gasteiger charge is 2.08. The van der Waals surface area contributed by atoms with Gasteiger partial charge < -0.3 is 0 Å². The van der Waals surface area contributed by atoms with E-state index < -0.39 is 0 Å². The summed E-state index contributed by atoms with van der Waals surface area (Å²) in [7, 11) is 0. The molecule has 4 nitrogen and oxygen atoms in total. The fourth-order valence-corrected chi connectivity index (χ4v) is 2.96. The van der Waals surface area contributed by atoms with Crippen molar-refractivity contribution >= 4 is 57.5 Å². The molecule has 0 atom stereocenters. The number of nitrogens with zero attached hydrogens (tertiary/aromatic N) is 2. The molecule has 3 N–H and O–H groups in total. The van der Waals surface area contributed by atoms with Crippen molar-refractivity contribution in [3.63, 3.8) is 0 Å². The molecule has 18 heavy (non-hydrogen) atoms. The summed E-state index contributed by atoms with van der Waals surface area (Å²) in [4.78, 5) is 0. The average molecular weight is 408 g/mol. The maximum absolute atomic E-state index is 7.95. The van der Waals surface area contributed by atoms with Gasteiger partial charge in [0.25, 0.3) is 0 Å². The normalized spacial score (nSPS) is 13.6. The third-order valence-corrected chi connectivity index (χ3v) is 4.25. The van der Waals surface area contributed by atoms with Crippen LogP contribution in [0, 0.1) is 15.8 Å². The first-order valence-corrected chi connectivity index (χ1v) is 7.13. The second-order valence-electron chi connectivity index (χ2n) is 3.51. The molecule has 0 heterocycles. The molecule has 92 valence electrons. The van der Waals surface area contributed by atoms with E-state index in [9.17, 15) is 0 Å². The van der Waals surface area contributed by atoms with E-state index in [1.165, 1.54) is 0 Å². The highest BCUT2D eigenvalue weighted by molar-refractivity contribution is 9.10. The van der Waals surface area contributed by atoms with Crippen molar-refractivity contribution in [2.75, 3.05) is 0 Å². The number of rotatable bonds is 0. The minimum atomic E-state index is 0.272. The zero-order valence-corrected chi connectivity index (χ0v) is 13.9. The molecule has 0 saturated carbocycles. The molecular weight excluding hydrogens is 400 g/mol. The average Bonchev–Trinajstić information content (AvgIpc) is 2.34. The summed E-state index contributed by atoms with van der Waals surface area (Å²) < 4.78 is 9.18. The Labute approximate surface area is 129 Å². The van der Waals surface area contributed by atoms with Crippen molar-refractivity contribution in [3.8, 4) is 0 Å². The van der Waals surface area contributed by atoms with E-state index in [1.54, 1.807) is 6.07 Å². The maximum atomic E-state index is 7.95. The topological polar surface area (TPSA) is 74.2 Å². The molecule has 0 saturated heterocycles. The van der Waals surface area contributed by atoms with Gasteiger partial charge >= 0.3 is 0 Å². The van der Waals surface area contributed by atoms with Crippen LogP contribution in [0.1, 0.15) is 0 Å². The van der Waals surface area contributed by atoms with Crippen LogP contribution in [0.25, 0.3) is 0 Å². The molecule has 0 aromatic carbocycles. The number of thiol groups is 1. The van der Waals surface area contributed by atoms with Gasteiger partial charge in [-0.2, -0.15) is 0 Å². The first-order valence-electron chi connectivity index (χ1n) is 4.69. The van der Waals surface area contributed by atoms with Gasteiger partial charge in [0, 0.05) is 14.9 Å². The Morgan fingerprint density at radius 2 is 1.72 bits per heavy atom. The van der Waals surface area contributed by atoms with Gasteiger partial charge in [0.05, 0.1) is 22.6 Å². The monoisotopic (exact) mass is 406 g/mol. The first kappa shape index (κ1) is 14.0. The van der Waals surface area contributed by atoms with Crippen LogP contribution >= 0.6 is 44.7 Å². The fraction of sp³-hybridized carbons (Fsp3) is 0. The molecule has 0 unspecified atom stereocenters. The molecule has 0 radical (unpaired) electrons. The zero-order valence-electron chi connectivity index (χ0n) is 8.83. The Kier molecular flexibility index (Phi) is 4.10. The number of hydrogen-bond acceptors (Lipinski definition) is 4. The van der Waals surface area contributed by atoms with Crippen LogP contribution in [0.15, 0.2) is 29.9 Å². The molecule has 0 bridgehead atoms. The summed E-state index contributed by atoms with van der Waals surface area (Å²) in [5.74, 6) is 0. The Hall–Kier alpha value is -0.440. The number of hydrogen-bond donors (Lipinski definition) is 3. The lowest BCUT2D eigenvalue weighted by atomic mass is 10.1. The van der Waals surface area contributed by atoms with Crippen LogP contribution in [0.3, 0.4) is 0 Å². The molecule has 8 heteroatoms. The zero-order chi connectivity index (χ0) is 13.4. The van der Waals surface area contributed by atoms with Gasteiger partial charge in [0.15, 0.2) is 5.36 Å². The quantitative estimate of drug-likeness (QED) is 0.352. The standard InChI is InChI=1S/C10H6Br2N4S2/c11-5-1-3-4(10(16-18)7(5)13)2-6(12)8(14)9(3)15-17/h1-2,13-14,17-18H/p+2.